The highest BCUT2D eigenvalue weighted by Gasteiger charge is 2.18. The van der Waals surface area contributed by atoms with E-state index in [1.54, 1.807) is 12.1 Å². The summed E-state index contributed by atoms with van der Waals surface area (Å²) in [7, 11) is 0. The van der Waals surface area contributed by atoms with Crippen molar-refractivity contribution in [1.82, 2.24) is 0 Å². The summed E-state index contributed by atoms with van der Waals surface area (Å²) < 4.78 is 1.05. The van der Waals surface area contributed by atoms with Crippen molar-refractivity contribution in [2.45, 2.75) is 0 Å². The number of nitro benzene ring substituents is 1. The molecule has 124 valence electrons. The maximum Gasteiger partial charge on any atom is 0.277 e. The van der Waals surface area contributed by atoms with Crippen LogP contribution in [0.3, 0.4) is 0 Å². The minimum atomic E-state index is -0.316. The molecule has 0 heterocycles. The minimum Gasteiger partial charge on any atom is -0.258 e. The summed E-state index contributed by atoms with van der Waals surface area (Å²) in [5.74, 6) is 0. The largest absolute Gasteiger partial charge is 0.277 e. The van der Waals surface area contributed by atoms with Gasteiger partial charge in [-0.1, -0.05) is 70.5 Å². The van der Waals surface area contributed by atoms with E-state index in [1.165, 1.54) is 10.8 Å². The van der Waals surface area contributed by atoms with Gasteiger partial charge in [0.15, 0.2) is 0 Å². The molecular weight excluding hydrogens is 390 g/mol. The third-order valence-electron chi connectivity index (χ3n) is 5.00. The molecule has 5 rings (SSSR count). The van der Waals surface area contributed by atoms with Crippen LogP contribution in [0.25, 0.3) is 43.4 Å². The van der Waals surface area contributed by atoms with Gasteiger partial charge < -0.3 is 0 Å². The second-order valence-corrected chi connectivity index (χ2v) is 7.21. The van der Waals surface area contributed by atoms with Crippen LogP contribution < -0.4 is 0 Å². The monoisotopic (exact) mass is 401 g/mol. The van der Waals surface area contributed by atoms with Crippen LogP contribution in [0.5, 0.6) is 0 Å². The molecule has 0 aromatic heterocycles. The molecule has 0 atom stereocenters. The highest BCUT2D eigenvalue weighted by molar-refractivity contribution is 9.10. The molecule has 0 fully saturated rings. The third kappa shape index (κ3) is 2.06. The number of para-hydroxylation sites is 1. The molecular formula is C22H12BrNO2. The van der Waals surface area contributed by atoms with Gasteiger partial charge in [-0.25, -0.2) is 0 Å². The number of halogens is 1. The fraction of sp³-hybridized carbons (Fsp3) is 0. The van der Waals surface area contributed by atoms with Crippen molar-refractivity contribution in [3.63, 3.8) is 0 Å². The lowest BCUT2D eigenvalue weighted by Crippen LogP contribution is -1.93. The van der Waals surface area contributed by atoms with Gasteiger partial charge in [-0.2, -0.15) is 0 Å². The van der Waals surface area contributed by atoms with Crippen LogP contribution in [-0.4, -0.2) is 4.92 Å². The first-order valence-corrected chi connectivity index (χ1v) is 9.04. The molecule has 0 aliphatic rings. The van der Waals surface area contributed by atoms with Gasteiger partial charge >= 0.3 is 0 Å². The highest BCUT2D eigenvalue weighted by atomic mass is 79.9. The summed E-state index contributed by atoms with van der Waals surface area (Å²) in [5.41, 5.74) is 1.66. The third-order valence-corrected chi connectivity index (χ3v) is 5.69. The van der Waals surface area contributed by atoms with Crippen LogP contribution in [-0.2, 0) is 0 Å². The van der Waals surface area contributed by atoms with E-state index in [0.29, 0.717) is 5.56 Å². The van der Waals surface area contributed by atoms with Crippen LogP contribution in [0.4, 0.5) is 5.69 Å². The van der Waals surface area contributed by atoms with Crippen molar-refractivity contribution in [1.29, 1.82) is 0 Å². The summed E-state index contributed by atoms with van der Waals surface area (Å²) in [5, 5.41) is 18.3. The Morgan fingerprint density at radius 3 is 2.08 bits per heavy atom. The van der Waals surface area contributed by atoms with Gasteiger partial charge in [0.05, 0.1) is 10.5 Å². The van der Waals surface area contributed by atoms with Gasteiger partial charge in [0, 0.05) is 10.5 Å². The van der Waals surface area contributed by atoms with E-state index in [0.717, 1.165) is 31.6 Å². The van der Waals surface area contributed by atoms with Crippen molar-refractivity contribution in [3.05, 3.63) is 87.4 Å². The molecule has 4 heteroatoms. The molecule has 3 nitrogen and oxygen atoms in total. The number of benzene rings is 5. The van der Waals surface area contributed by atoms with E-state index in [1.807, 2.05) is 24.3 Å². The molecule has 0 aliphatic carbocycles. The number of hydrogen-bond donors (Lipinski definition) is 0. The molecule has 0 amide bonds. The van der Waals surface area contributed by atoms with Crippen LogP contribution >= 0.6 is 15.9 Å². The average molecular weight is 402 g/mol. The molecule has 0 unspecified atom stereocenters. The summed E-state index contributed by atoms with van der Waals surface area (Å²) in [6, 6.07) is 23.5. The van der Waals surface area contributed by atoms with Crippen molar-refractivity contribution in [2.24, 2.45) is 0 Å². The lowest BCUT2D eigenvalue weighted by molar-refractivity contribution is -0.384. The normalized spacial score (nSPS) is 11.6. The van der Waals surface area contributed by atoms with Crippen molar-refractivity contribution in [3.8, 4) is 11.1 Å². The van der Waals surface area contributed by atoms with Gasteiger partial charge in [0.1, 0.15) is 0 Å². The van der Waals surface area contributed by atoms with E-state index >= 15 is 0 Å². The molecule has 0 saturated carbocycles. The summed E-state index contributed by atoms with van der Waals surface area (Å²) in [4.78, 5) is 11.2. The standard InChI is InChI=1S/C22H12BrNO2/c23-19-12-8-14-6-10-17-15(16-3-1-2-4-20(16)24(25)26)9-5-13-7-11-18(19)22(14)21(13)17/h1-12H. The maximum absolute atomic E-state index is 11.5. The summed E-state index contributed by atoms with van der Waals surface area (Å²) >= 11 is 3.65. The van der Waals surface area contributed by atoms with E-state index in [2.05, 4.69) is 52.3 Å². The Hall–Kier alpha value is -2.98. The van der Waals surface area contributed by atoms with E-state index in [9.17, 15) is 10.1 Å². The average Bonchev–Trinajstić information content (AvgIpc) is 2.67. The van der Waals surface area contributed by atoms with E-state index < -0.39 is 0 Å². The second-order valence-electron chi connectivity index (χ2n) is 6.36. The Morgan fingerprint density at radius 1 is 0.692 bits per heavy atom. The van der Waals surface area contributed by atoms with Crippen molar-refractivity contribution >= 4 is 53.9 Å². The molecule has 26 heavy (non-hydrogen) atoms. The van der Waals surface area contributed by atoms with Crippen LogP contribution in [0, 0.1) is 10.1 Å². The van der Waals surface area contributed by atoms with Crippen LogP contribution in [0.15, 0.2) is 77.3 Å². The lowest BCUT2D eigenvalue weighted by atomic mass is 9.89. The zero-order valence-corrected chi connectivity index (χ0v) is 15.2. The zero-order chi connectivity index (χ0) is 17.8. The molecule has 5 aromatic carbocycles. The summed E-state index contributed by atoms with van der Waals surface area (Å²) in [6.45, 7) is 0. The molecule has 5 aromatic rings. The van der Waals surface area contributed by atoms with Crippen LogP contribution in [0.1, 0.15) is 0 Å². The van der Waals surface area contributed by atoms with E-state index in [-0.39, 0.29) is 10.6 Å². The Bertz CT molecular complexity index is 1330. The van der Waals surface area contributed by atoms with E-state index in [4.69, 9.17) is 0 Å². The van der Waals surface area contributed by atoms with Crippen molar-refractivity contribution in [2.75, 3.05) is 0 Å². The fourth-order valence-electron chi connectivity index (χ4n) is 3.86. The smallest absolute Gasteiger partial charge is 0.258 e. The Morgan fingerprint density at radius 2 is 1.31 bits per heavy atom. The quantitative estimate of drug-likeness (QED) is 0.183. The number of hydrogen-bond acceptors (Lipinski definition) is 2. The molecule has 0 saturated heterocycles. The Balaban J connectivity index is 1.98. The highest BCUT2D eigenvalue weighted by Crippen LogP contribution is 2.42. The molecule has 0 N–H and O–H groups in total. The van der Waals surface area contributed by atoms with Crippen LogP contribution in [0.2, 0.25) is 0 Å². The molecule has 0 aliphatic heterocycles. The van der Waals surface area contributed by atoms with Gasteiger partial charge in [-0.15, -0.1) is 0 Å². The number of rotatable bonds is 2. The SMILES string of the molecule is O=[N+]([O-])c1ccccc1-c1ccc2ccc3c(Br)ccc4ccc1c2c43. The Kier molecular flexibility index (Phi) is 3.24. The van der Waals surface area contributed by atoms with Crippen molar-refractivity contribution < 1.29 is 4.92 Å². The maximum atomic E-state index is 11.5. The topological polar surface area (TPSA) is 43.1 Å². The molecule has 0 bridgehead atoms. The van der Waals surface area contributed by atoms with Gasteiger partial charge in [0.25, 0.3) is 5.69 Å². The molecule has 0 spiro atoms. The second kappa shape index (κ2) is 5.51. The predicted octanol–water partition coefficient (Wildman–Crippen LogP) is 6.92. The fourth-order valence-corrected chi connectivity index (χ4v) is 4.32. The summed E-state index contributed by atoms with van der Waals surface area (Å²) in [6.07, 6.45) is 0. The van der Waals surface area contributed by atoms with Gasteiger partial charge in [-0.3, -0.25) is 10.1 Å². The molecule has 0 radical (unpaired) electrons. The first kappa shape index (κ1) is 15.3. The number of nitro groups is 1. The first-order valence-electron chi connectivity index (χ1n) is 8.25. The lowest BCUT2D eigenvalue weighted by Gasteiger charge is -2.15. The predicted molar refractivity (Wildman–Crippen MR) is 110 cm³/mol. The van der Waals surface area contributed by atoms with Gasteiger partial charge in [-0.05, 0) is 50.0 Å². The van der Waals surface area contributed by atoms with Gasteiger partial charge in [0.2, 0.25) is 0 Å². The minimum absolute atomic E-state index is 0.128. The zero-order valence-electron chi connectivity index (χ0n) is 13.6. The Labute approximate surface area is 157 Å². The number of nitrogens with zero attached hydrogens (tertiary/aromatic N) is 1. The first-order chi connectivity index (χ1) is 12.6.